The lowest BCUT2D eigenvalue weighted by molar-refractivity contribution is 0.385. The molecule has 3 N–H and O–H groups in total. The number of pyridine rings is 2. The minimum absolute atomic E-state index is 0.0403. The maximum Gasteiger partial charge on any atom is 0.267 e. The Morgan fingerprint density at radius 3 is 2.67 bits per heavy atom. The highest BCUT2D eigenvalue weighted by atomic mass is 79.9. The molecule has 0 aliphatic rings. The third-order valence-electron chi connectivity index (χ3n) is 4.49. The number of rotatable bonds is 5. The van der Waals surface area contributed by atoms with E-state index in [9.17, 15) is 17.6 Å². The molecule has 4 aromatic rings. The zero-order valence-electron chi connectivity index (χ0n) is 16.6. The van der Waals surface area contributed by atoms with Gasteiger partial charge < -0.3 is 10.5 Å². The first-order chi connectivity index (χ1) is 15.6. The maximum atomic E-state index is 15.3. The van der Waals surface area contributed by atoms with Gasteiger partial charge in [0.2, 0.25) is 11.8 Å². The Morgan fingerprint density at radius 1 is 1.18 bits per heavy atom. The van der Waals surface area contributed by atoms with Gasteiger partial charge in [0.25, 0.3) is 15.6 Å². The summed E-state index contributed by atoms with van der Waals surface area (Å²) in [5.74, 6) is -2.74. The topological polar surface area (TPSA) is 142 Å². The number of nitrogens with zero attached hydrogens (tertiary/aromatic N) is 4. The van der Waals surface area contributed by atoms with E-state index in [4.69, 9.17) is 10.5 Å². The average molecular weight is 539 g/mol. The van der Waals surface area contributed by atoms with Gasteiger partial charge in [-0.3, -0.25) is 14.1 Å². The van der Waals surface area contributed by atoms with Crippen molar-refractivity contribution >= 4 is 48.5 Å². The number of hydrogen-bond donors (Lipinski definition) is 2. The second-order valence-corrected chi connectivity index (χ2v) is 9.11. The molecule has 0 amide bonds. The Labute approximate surface area is 193 Å². The molecule has 170 valence electrons. The van der Waals surface area contributed by atoms with Crippen LogP contribution in [0, 0.1) is 11.6 Å². The molecular weight excluding hydrogens is 526 g/mol. The standard InChI is InChI=1S/C19H13BrF2N6O4S/c1-32-17-14(6-9(20)7-24-17)33(30,31)27-13-3-2-11(21)16(15(13)22)28-5-4-12-10(18(28)29)8-25-19(23)26-12/h2-8,27H,1H3,(H2,23,25,26). The van der Waals surface area contributed by atoms with Crippen molar-refractivity contribution in [2.24, 2.45) is 0 Å². The van der Waals surface area contributed by atoms with Crippen molar-refractivity contribution in [2.75, 3.05) is 17.6 Å². The van der Waals surface area contributed by atoms with E-state index in [0.717, 1.165) is 24.5 Å². The number of nitrogens with two attached hydrogens (primary N) is 1. The molecule has 1 aromatic carbocycles. The Morgan fingerprint density at radius 2 is 1.94 bits per heavy atom. The lowest BCUT2D eigenvalue weighted by Crippen LogP contribution is -2.22. The molecule has 0 radical (unpaired) electrons. The summed E-state index contributed by atoms with van der Waals surface area (Å²) < 4.78 is 63.7. The van der Waals surface area contributed by atoms with Crippen LogP contribution in [0.15, 0.2) is 57.0 Å². The Hall–Kier alpha value is -3.65. The van der Waals surface area contributed by atoms with E-state index in [0.29, 0.717) is 9.04 Å². The molecule has 0 spiro atoms. The molecule has 0 saturated carbocycles. The monoisotopic (exact) mass is 538 g/mol. The summed E-state index contributed by atoms with van der Waals surface area (Å²) in [6, 6.07) is 4.24. The van der Waals surface area contributed by atoms with E-state index in [1.807, 2.05) is 4.72 Å². The van der Waals surface area contributed by atoms with Crippen LogP contribution in [0.1, 0.15) is 0 Å². The maximum absolute atomic E-state index is 15.3. The van der Waals surface area contributed by atoms with Crippen molar-refractivity contribution in [1.29, 1.82) is 0 Å². The second-order valence-electron chi connectivity index (χ2n) is 6.54. The molecule has 0 unspecified atom stereocenters. The fourth-order valence-electron chi connectivity index (χ4n) is 3.01. The van der Waals surface area contributed by atoms with E-state index in [1.165, 1.54) is 25.4 Å². The fourth-order valence-corrected chi connectivity index (χ4v) is 4.70. The summed E-state index contributed by atoms with van der Waals surface area (Å²) in [7, 11) is -3.20. The molecule has 0 aliphatic carbocycles. The number of fused-ring (bicyclic) bond motifs is 1. The molecule has 14 heteroatoms. The molecule has 3 aromatic heterocycles. The minimum Gasteiger partial charge on any atom is -0.480 e. The van der Waals surface area contributed by atoms with Gasteiger partial charge >= 0.3 is 0 Å². The molecular formula is C19H13BrF2N6O4S. The third-order valence-corrected chi connectivity index (χ3v) is 6.28. The van der Waals surface area contributed by atoms with Crippen molar-refractivity contribution in [3.63, 3.8) is 0 Å². The molecule has 0 fully saturated rings. The van der Waals surface area contributed by atoms with E-state index < -0.39 is 38.6 Å². The number of methoxy groups -OCH3 is 1. The van der Waals surface area contributed by atoms with Crippen molar-refractivity contribution in [3.05, 3.63) is 69.3 Å². The summed E-state index contributed by atoms with van der Waals surface area (Å²) in [5, 5.41) is -0.0403. The molecule has 0 bridgehead atoms. The molecule has 0 saturated heterocycles. The molecule has 3 heterocycles. The van der Waals surface area contributed by atoms with Gasteiger partial charge in [-0.2, -0.15) is 0 Å². The van der Waals surface area contributed by atoms with Crippen LogP contribution in [0.5, 0.6) is 5.88 Å². The summed E-state index contributed by atoms with van der Waals surface area (Å²) in [6.45, 7) is 0. The number of benzene rings is 1. The van der Waals surface area contributed by atoms with Crippen LogP contribution in [0.2, 0.25) is 0 Å². The molecule has 10 nitrogen and oxygen atoms in total. The van der Waals surface area contributed by atoms with Gasteiger partial charge in [-0.1, -0.05) is 0 Å². The van der Waals surface area contributed by atoms with E-state index in [1.54, 1.807) is 0 Å². The van der Waals surface area contributed by atoms with E-state index in [-0.39, 0.29) is 27.6 Å². The lowest BCUT2D eigenvalue weighted by Gasteiger charge is -2.15. The lowest BCUT2D eigenvalue weighted by atomic mass is 10.2. The van der Waals surface area contributed by atoms with Gasteiger partial charge in [0.05, 0.1) is 23.7 Å². The number of hydrogen-bond acceptors (Lipinski definition) is 8. The highest BCUT2D eigenvalue weighted by molar-refractivity contribution is 9.10. The Bertz CT molecular complexity index is 1580. The van der Waals surface area contributed by atoms with Gasteiger partial charge in [-0.05, 0) is 40.2 Å². The number of aromatic nitrogens is 4. The first kappa shape index (κ1) is 22.5. The summed E-state index contributed by atoms with van der Waals surface area (Å²) in [4.78, 5) is 23.9. The highest BCUT2D eigenvalue weighted by Gasteiger charge is 2.25. The molecule has 0 aliphatic heterocycles. The normalized spacial score (nSPS) is 11.5. The second kappa shape index (κ2) is 8.37. The van der Waals surface area contributed by atoms with Crippen LogP contribution < -0.4 is 20.8 Å². The van der Waals surface area contributed by atoms with Crippen LogP contribution in [0.3, 0.4) is 0 Å². The van der Waals surface area contributed by atoms with Crippen molar-refractivity contribution in [2.45, 2.75) is 4.90 Å². The number of halogens is 3. The smallest absolute Gasteiger partial charge is 0.267 e. The quantitative estimate of drug-likeness (QED) is 0.394. The summed E-state index contributed by atoms with van der Waals surface area (Å²) in [5.41, 5.74) is 3.45. The summed E-state index contributed by atoms with van der Waals surface area (Å²) in [6.07, 6.45) is 3.54. The van der Waals surface area contributed by atoms with Crippen molar-refractivity contribution in [3.8, 4) is 11.6 Å². The molecule has 0 atom stereocenters. The highest BCUT2D eigenvalue weighted by Crippen LogP contribution is 2.30. The van der Waals surface area contributed by atoms with E-state index in [2.05, 4.69) is 30.9 Å². The predicted molar refractivity (Wildman–Crippen MR) is 119 cm³/mol. The van der Waals surface area contributed by atoms with Crippen molar-refractivity contribution < 1.29 is 21.9 Å². The van der Waals surface area contributed by atoms with Crippen molar-refractivity contribution in [1.82, 2.24) is 19.5 Å². The first-order valence-corrected chi connectivity index (χ1v) is 11.2. The summed E-state index contributed by atoms with van der Waals surface area (Å²) >= 11 is 3.11. The molecule has 33 heavy (non-hydrogen) atoms. The van der Waals surface area contributed by atoms with Gasteiger partial charge in [0.1, 0.15) is 11.5 Å². The van der Waals surface area contributed by atoms with Gasteiger partial charge in [0, 0.05) is 23.1 Å². The Kier molecular flexibility index (Phi) is 5.71. The number of ether oxygens (including phenoxy) is 1. The van der Waals surface area contributed by atoms with Gasteiger partial charge in [0.15, 0.2) is 10.7 Å². The number of nitrogen functional groups attached to an aromatic ring is 1. The number of sulfonamides is 1. The zero-order valence-corrected chi connectivity index (χ0v) is 19.0. The van der Waals surface area contributed by atoms with Crippen LogP contribution in [-0.4, -0.2) is 35.0 Å². The Balaban J connectivity index is 1.85. The molecule has 4 rings (SSSR count). The SMILES string of the molecule is COc1ncc(Br)cc1S(=O)(=O)Nc1ccc(F)c(-n2ccc3nc(N)ncc3c2=O)c1F. The number of nitrogens with one attached hydrogen (secondary N) is 1. The van der Waals surface area contributed by atoms with Crippen LogP contribution in [-0.2, 0) is 10.0 Å². The third kappa shape index (κ3) is 4.09. The number of anilines is 2. The van der Waals surface area contributed by atoms with Gasteiger partial charge in [-0.25, -0.2) is 32.2 Å². The average Bonchev–Trinajstić information content (AvgIpc) is 2.77. The zero-order chi connectivity index (χ0) is 23.9. The predicted octanol–water partition coefficient (Wildman–Crippen LogP) is 2.61. The minimum atomic E-state index is -4.41. The van der Waals surface area contributed by atoms with Gasteiger partial charge in [-0.15, -0.1) is 0 Å². The van der Waals surface area contributed by atoms with E-state index >= 15 is 4.39 Å². The largest absolute Gasteiger partial charge is 0.480 e. The van der Waals surface area contributed by atoms with Crippen LogP contribution in [0.25, 0.3) is 16.6 Å². The van der Waals surface area contributed by atoms with Crippen LogP contribution >= 0.6 is 15.9 Å². The first-order valence-electron chi connectivity index (χ1n) is 8.97. The fraction of sp³-hybridized carbons (Fsp3) is 0.0526. The van der Waals surface area contributed by atoms with Crippen LogP contribution in [0.4, 0.5) is 20.4 Å².